The van der Waals surface area contributed by atoms with Gasteiger partial charge in [-0.15, -0.1) is 11.3 Å². The van der Waals surface area contributed by atoms with E-state index in [0.29, 0.717) is 21.3 Å². The summed E-state index contributed by atoms with van der Waals surface area (Å²) < 4.78 is 10.2. The lowest BCUT2D eigenvalue weighted by Crippen LogP contribution is -2.11. The third-order valence-electron chi connectivity index (χ3n) is 3.17. The van der Waals surface area contributed by atoms with Gasteiger partial charge < -0.3 is 19.8 Å². The number of carbonyl (C=O) groups is 2. The zero-order chi connectivity index (χ0) is 16.9. The van der Waals surface area contributed by atoms with Crippen LogP contribution in [0.3, 0.4) is 0 Å². The Labute approximate surface area is 142 Å². The quantitative estimate of drug-likeness (QED) is 0.738. The van der Waals surface area contributed by atoms with Crippen LogP contribution in [-0.2, 0) is 0 Å². The van der Waals surface area contributed by atoms with Gasteiger partial charge in [0, 0.05) is 0 Å². The van der Waals surface area contributed by atoms with Gasteiger partial charge in [0.15, 0.2) is 5.76 Å². The van der Waals surface area contributed by atoms with Crippen LogP contribution in [0.1, 0.15) is 20.2 Å². The van der Waals surface area contributed by atoms with Crippen LogP contribution in [0, 0.1) is 0 Å². The summed E-state index contributed by atoms with van der Waals surface area (Å²) >= 11 is 1.17. The number of amides is 2. The summed E-state index contributed by atoms with van der Waals surface area (Å²) in [4.78, 5) is 24.7. The van der Waals surface area contributed by atoms with Gasteiger partial charge in [-0.3, -0.25) is 9.59 Å². The van der Waals surface area contributed by atoms with E-state index < -0.39 is 0 Å². The van der Waals surface area contributed by atoms with E-state index in [0.717, 1.165) is 0 Å². The fourth-order valence-electron chi connectivity index (χ4n) is 2.04. The maximum Gasteiger partial charge on any atom is 0.291 e. The number of carbonyl (C=O) groups excluding carboxylic acids is 2. The highest BCUT2D eigenvalue weighted by atomic mass is 32.1. The molecule has 2 aromatic heterocycles. The molecule has 122 valence electrons. The molecule has 0 aliphatic carbocycles. The lowest BCUT2D eigenvalue weighted by atomic mass is 10.3. The van der Waals surface area contributed by atoms with E-state index in [1.54, 1.807) is 43.5 Å². The van der Waals surface area contributed by atoms with Crippen LogP contribution >= 0.6 is 11.3 Å². The van der Waals surface area contributed by atoms with Crippen LogP contribution in [0.25, 0.3) is 0 Å². The van der Waals surface area contributed by atoms with Crippen LogP contribution in [0.15, 0.2) is 59.2 Å². The van der Waals surface area contributed by atoms with E-state index in [1.165, 1.54) is 17.6 Å². The third kappa shape index (κ3) is 3.47. The lowest BCUT2D eigenvalue weighted by molar-refractivity contribution is 0.0995. The number of ether oxygens (including phenoxy) is 1. The minimum atomic E-state index is -0.362. The van der Waals surface area contributed by atoms with Crippen molar-refractivity contribution in [2.24, 2.45) is 0 Å². The van der Waals surface area contributed by atoms with Gasteiger partial charge in [0.25, 0.3) is 11.8 Å². The monoisotopic (exact) mass is 342 g/mol. The summed E-state index contributed by atoms with van der Waals surface area (Å²) in [6, 6.07) is 13.7. The van der Waals surface area contributed by atoms with E-state index in [9.17, 15) is 9.59 Å². The molecule has 0 unspecified atom stereocenters. The first-order chi connectivity index (χ1) is 11.7. The summed E-state index contributed by atoms with van der Waals surface area (Å²) in [5.74, 6) is 0.152. The highest BCUT2D eigenvalue weighted by Crippen LogP contribution is 2.27. The van der Waals surface area contributed by atoms with E-state index in [2.05, 4.69) is 10.6 Å². The molecule has 2 amide bonds. The second kappa shape index (κ2) is 7.01. The van der Waals surface area contributed by atoms with Crippen LogP contribution < -0.4 is 15.4 Å². The van der Waals surface area contributed by atoms with Gasteiger partial charge in [0.2, 0.25) is 0 Å². The number of para-hydroxylation sites is 2. The minimum Gasteiger partial charge on any atom is -0.495 e. The van der Waals surface area contributed by atoms with Crippen molar-refractivity contribution in [2.45, 2.75) is 0 Å². The van der Waals surface area contributed by atoms with Crippen LogP contribution in [0.5, 0.6) is 5.75 Å². The first-order valence-electron chi connectivity index (χ1n) is 7.06. The van der Waals surface area contributed by atoms with E-state index in [-0.39, 0.29) is 17.6 Å². The van der Waals surface area contributed by atoms with Gasteiger partial charge in [-0.05, 0) is 36.4 Å². The smallest absolute Gasteiger partial charge is 0.291 e. The zero-order valence-electron chi connectivity index (χ0n) is 12.7. The predicted molar refractivity (Wildman–Crippen MR) is 91.9 cm³/mol. The molecule has 0 saturated carbocycles. The van der Waals surface area contributed by atoms with Crippen molar-refractivity contribution in [3.63, 3.8) is 0 Å². The number of benzene rings is 1. The number of methoxy groups -OCH3 is 1. The zero-order valence-corrected chi connectivity index (χ0v) is 13.6. The average molecular weight is 342 g/mol. The molecule has 2 heterocycles. The predicted octanol–water partition coefficient (Wildman–Crippen LogP) is 3.85. The van der Waals surface area contributed by atoms with Crippen molar-refractivity contribution < 1.29 is 18.7 Å². The van der Waals surface area contributed by atoms with Crippen molar-refractivity contribution in [1.82, 2.24) is 0 Å². The highest BCUT2D eigenvalue weighted by Gasteiger charge is 2.14. The molecular formula is C17H14N2O4S. The van der Waals surface area contributed by atoms with Crippen molar-refractivity contribution in [3.05, 3.63) is 65.4 Å². The van der Waals surface area contributed by atoms with Crippen LogP contribution in [0.2, 0.25) is 0 Å². The number of hydrogen-bond donors (Lipinski definition) is 2. The van der Waals surface area contributed by atoms with Crippen molar-refractivity contribution >= 4 is 33.8 Å². The summed E-state index contributed by atoms with van der Waals surface area (Å²) in [6.07, 6.45) is 1.43. The molecular weight excluding hydrogens is 328 g/mol. The van der Waals surface area contributed by atoms with Gasteiger partial charge in [-0.25, -0.2) is 0 Å². The molecule has 0 aliphatic heterocycles. The topological polar surface area (TPSA) is 80.6 Å². The molecule has 1 aromatic carbocycles. The molecule has 24 heavy (non-hydrogen) atoms. The fourth-order valence-corrected chi connectivity index (χ4v) is 2.84. The molecule has 6 nitrogen and oxygen atoms in total. The van der Waals surface area contributed by atoms with E-state index >= 15 is 0 Å². The Hall–Kier alpha value is -3.06. The Balaban J connectivity index is 1.68. The summed E-state index contributed by atoms with van der Waals surface area (Å²) in [5, 5.41) is 6.03. The van der Waals surface area contributed by atoms with Gasteiger partial charge >= 0.3 is 0 Å². The van der Waals surface area contributed by atoms with Crippen LogP contribution in [-0.4, -0.2) is 18.9 Å². The molecule has 0 saturated heterocycles. The molecule has 0 bridgehead atoms. The van der Waals surface area contributed by atoms with Crippen molar-refractivity contribution in [3.8, 4) is 5.75 Å². The summed E-state index contributed by atoms with van der Waals surface area (Å²) in [6.45, 7) is 0. The fraction of sp³-hybridized carbons (Fsp3) is 0.0588. The van der Waals surface area contributed by atoms with Crippen LogP contribution in [0.4, 0.5) is 10.7 Å². The number of rotatable bonds is 5. The van der Waals surface area contributed by atoms with Gasteiger partial charge in [-0.2, -0.15) is 0 Å². The van der Waals surface area contributed by atoms with E-state index in [1.807, 2.05) is 12.1 Å². The molecule has 7 heteroatoms. The summed E-state index contributed by atoms with van der Waals surface area (Å²) in [7, 11) is 1.54. The minimum absolute atomic E-state index is 0.212. The number of nitrogens with one attached hydrogen (secondary N) is 2. The van der Waals surface area contributed by atoms with Crippen molar-refractivity contribution in [2.75, 3.05) is 17.7 Å². The van der Waals surface area contributed by atoms with E-state index in [4.69, 9.17) is 9.15 Å². The number of thiophene rings is 1. The Morgan fingerprint density at radius 3 is 2.58 bits per heavy atom. The number of hydrogen-bond acceptors (Lipinski definition) is 5. The Bertz CT molecular complexity index is 855. The Kier molecular flexibility index (Phi) is 4.62. The molecule has 2 N–H and O–H groups in total. The maximum atomic E-state index is 12.3. The third-order valence-corrected chi connectivity index (χ3v) is 4.17. The van der Waals surface area contributed by atoms with Gasteiger partial charge in [0.05, 0.1) is 28.9 Å². The highest BCUT2D eigenvalue weighted by molar-refractivity contribution is 7.18. The molecule has 0 aliphatic rings. The largest absolute Gasteiger partial charge is 0.495 e. The lowest BCUT2D eigenvalue weighted by Gasteiger charge is -2.08. The van der Waals surface area contributed by atoms with Gasteiger partial charge in [0.1, 0.15) is 5.75 Å². The van der Waals surface area contributed by atoms with Crippen molar-refractivity contribution in [1.29, 1.82) is 0 Å². The number of anilines is 2. The Morgan fingerprint density at radius 1 is 1.00 bits per heavy atom. The SMILES string of the molecule is COc1ccccc1NC(=O)c1ccc(NC(=O)c2ccco2)s1. The Morgan fingerprint density at radius 2 is 1.83 bits per heavy atom. The summed E-state index contributed by atoms with van der Waals surface area (Å²) in [5.41, 5.74) is 0.583. The molecule has 0 spiro atoms. The number of furan rings is 1. The molecule has 3 rings (SSSR count). The van der Waals surface area contributed by atoms with Gasteiger partial charge in [-0.1, -0.05) is 12.1 Å². The first-order valence-corrected chi connectivity index (χ1v) is 7.88. The molecule has 0 radical (unpaired) electrons. The average Bonchev–Trinajstić information content (AvgIpc) is 3.27. The normalized spacial score (nSPS) is 10.2. The molecule has 0 fully saturated rings. The molecule has 3 aromatic rings. The second-order valence-electron chi connectivity index (χ2n) is 4.75. The maximum absolute atomic E-state index is 12.3. The second-order valence-corrected chi connectivity index (χ2v) is 5.83. The molecule has 0 atom stereocenters. The first kappa shape index (κ1) is 15.8. The standard InChI is InChI=1S/C17H14N2O4S/c1-22-12-6-3-2-5-11(12)18-17(21)14-8-9-15(24-14)19-16(20)13-7-4-10-23-13/h2-10H,1H3,(H,18,21)(H,19,20).